The van der Waals surface area contributed by atoms with Crippen molar-refractivity contribution >= 4 is 40.7 Å². The van der Waals surface area contributed by atoms with Crippen molar-refractivity contribution in [3.05, 3.63) is 76.6 Å². The Hall–Kier alpha value is -3.80. The van der Waals surface area contributed by atoms with Crippen LogP contribution in [0.2, 0.25) is 5.02 Å². The van der Waals surface area contributed by atoms with Gasteiger partial charge in [0.1, 0.15) is 11.5 Å². The number of aromatic nitrogens is 2. The molecule has 0 spiro atoms. The normalized spacial score (nSPS) is 14.5. The number of benzene rings is 2. The lowest BCUT2D eigenvalue weighted by Gasteiger charge is -2.37. The zero-order chi connectivity index (χ0) is 28.9. The first-order valence-corrected chi connectivity index (χ1v) is 13.3. The number of hydrogen-bond donors (Lipinski definition) is 4. The molecule has 4 N–H and O–H groups in total. The number of aromatic amines is 1. The van der Waals surface area contributed by atoms with Crippen molar-refractivity contribution in [2.75, 3.05) is 56.9 Å². The number of hydrogen-bond acceptors (Lipinski definition) is 6. The van der Waals surface area contributed by atoms with Crippen molar-refractivity contribution in [1.29, 1.82) is 0 Å². The minimum absolute atomic E-state index is 0.000577. The maximum Gasteiger partial charge on any atom is 0.274 e. The van der Waals surface area contributed by atoms with Gasteiger partial charge in [-0.25, -0.2) is 9.37 Å². The monoisotopic (exact) mass is 569 g/mol. The molecule has 1 fully saturated rings. The average Bonchev–Trinajstić information content (AvgIpc) is 3.40. The van der Waals surface area contributed by atoms with Crippen molar-refractivity contribution < 1.29 is 18.8 Å². The van der Waals surface area contributed by atoms with E-state index in [2.05, 4.69) is 56.6 Å². The number of piperazine rings is 1. The van der Waals surface area contributed by atoms with Gasteiger partial charge >= 0.3 is 0 Å². The van der Waals surface area contributed by atoms with E-state index in [0.29, 0.717) is 17.9 Å². The lowest BCUT2D eigenvalue weighted by atomic mass is 9.92. The smallest absolute Gasteiger partial charge is 0.274 e. The van der Waals surface area contributed by atoms with Gasteiger partial charge in [0.2, 0.25) is 0 Å². The quantitative estimate of drug-likeness (QED) is 0.312. The Bertz CT molecular complexity index is 1370. The number of carbonyl (C=O) groups is 3. The van der Waals surface area contributed by atoms with Gasteiger partial charge in [0.25, 0.3) is 17.7 Å². The predicted octanol–water partition coefficient (Wildman–Crippen LogP) is 3.71. The summed E-state index contributed by atoms with van der Waals surface area (Å²) in [6, 6.07) is 9.89. The highest BCUT2D eigenvalue weighted by Gasteiger charge is 2.27. The molecule has 1 aliphatic rings. The third kappa shape index (κ3) is 7.65. The predicted molar refractivity (Wildman–Crippen MR) is 152 cm³/mol. The van der Waals surface area contributed by atoms with Crippen molar-refractivity contribution in [3.63, 3.8) is 0 Å². The van der Waals surface area contributed by atoms with Crippen LogP contribution in [0.1, 0.15) is 45.2 Å². The number of halogens is 2. The molecule has 40 heavy (non-hydrogen) atoms. The summed E-state index contributed by atoms with van der Waals surface area (Å²) in [7, 11) is 2.11. The van der Waals surface area contributed by atoms with E-state index in [4.69, 9.17) is 11.6 Å². The van der Waals surface area contributed by atoms with E-state index in [1.165, 1.54) is 12.4 Å². The van der Waals surface area contributed by atoms with Crippen LogP contribution in [0, 0.1) is 11.2 Å². The summed E-state index contributed by atoms with van der Waals surface area (Å²) in [6.45, 7) is 9.52. The van der Waals surface area contributed by atoms with E-state index < -0.39 is 23.5 Å². The van der Waals surface area contributed by atoms with Crippen molar-refractivity contribution in [1.82, 2.24) is 25.1 Å². The maximum absolute atomic E-state index is 13.3. The summed E-state index contributed by atoms with van der Waals surface area (Å²) in [5.41, 5.74) is 0.906. The van der Waals surface area contributed by atoms with Gasteiger partial charge < -0.3 is 30.7 Å². The molecule has 2 aromatic carbocycles. The number of nitrogens with zero attached hydrogens (tertiary/aromatic N) is 3. The van der Waals surface area contributed by atoms with Crippen molar-refractivity contribution in [2.45, 2.75) is 13.8 Å². The number of H-pyrrole nitrogens is 1. The SMILES string of the molecule is CN1CCN(CC(C)(C)CNC(=O)c2nc[nH]c2C(=O)Nc2ccc(NC(=O)c3ccc(F)cc3Cl)cc2)CC1. The topological polar surface area (TPSA) is 122 Å². The summed E-state index contributed by atoms with van der Waals surface area (Å²) >= 11 is 5.95. The van der Waals surface area contributed by atoms with Crippen LogP contribution in [-0.4, -0.2) is 83.8 Å². The third-order valence-electron chi connectivity index (χ3n) is 6.63. The Balaban J connectivity index is 1.31. The molecule has 2 heterocycles. The molecule has 0 atom stereocenters. The molecule has 212 valence electrons. The first-order valence-electron chi connectivity index (χ1n) is 12.9. The van der Waals surface area contributed by atoms with Crippen LogP contribution < -0.4 is 16.0 Å². The second-order valence-corrected chi connectivity index (χ2v) is 11.1. The van der Waals surface area contributed by atoms with Crippen LogP contribution in [0.15, 0.2) is 48.8 Å². The standard InChI is InChI=1S/C28H33ClFN7O3/c1-28(2,16-37-12-10-36(3)11-13-37)15-31-26(39)23-24(33-17-32-23)27(40)35-20-7-5-19(6-8-20)34-25(38)21-9-4-18(30)14-22(21)29/h4-9,14,17H,10-13,15-16H2,1-3H3,(H,31,39)(H,32,33)(H,34,38)(H,35,40). The number of amides is 3. The highest BCUT2D eigenvalue weighted by Crippen LogP contribution is 2.21. The second kappa shape index (κ2) is 12.6. The molecule has 1 saturated heterocycles. The van der Waals surface area contributed by atoms with Crippen molar-refractivity contribution in [2.24, 2.45) is 5.41 Å². The summed E-state index contributed by atoms with van der Waals surface area (Å²) in [6.07, 6.45) is 1.30. The molecule has 4 rings (SSSR count). The second-order valence-electron chi connectivity index (χ2n) is 10.7. The van der Waals surface area contributed by atoms with Crippen LogP contribution >= 0.6 is 11.6 Å². The number of carbonyl (C=O) groups excluding carboxylic acids is 3. The lowest BCUT2D eigenvalue weighted by molar-refractivity contribution is 0.0875. The molecule has 3 aromatic rings. The van der Waals surface area contributed by atoms with E-state index in [-0.39, 0.29) is 27.4 Å². The zero-order valence-electron chi connectivity index (χ0n) is 22.7. The molecular weight excluding hydrogens is 537 g/mol. The molecule has 0 saturated carbocycles. The van der Waals surface area contributed by atoms with E-state index in [1.54, 1.807) is 24.3 Å². The van der Waals surface area contributed by atoms with Gasteiger partial charge in [-0.3, -0.25) is 14.4 Å². The summed E-state index contributed by atoms with van der Waals surface area (Å²) in [5, 5.41) is 8.31. The van der Waals surface area contributed by atoms with E-state index in [0.717, 1.165) is 44.9 Å². The molecule has 3 amide bonds. The molecule has 0 radical (unpaired) electrons. The summed E-state index contributed by atoms with van der Waals surface area (Å²) in [4.78, 5) is 49.8. The molecule has 12 heteroatoms. The number of anilines is 2. The third-order valence-corrected chi connectivity index (χ3v) is 6.95. The Morgan fingerprint density at radius 1 is 0.975 bits per heavy atom. The Kier molecular flexibility index (Phi) is 9.18. The summed E-state index contributed by atoms with van der Waals surface area (Å²) < 4.78 is 13.3. The van der Waals surface area contributed by atoms with E-state index >= 15 is 0 Å². The first kappa shape index (κ1) is 29.2. The number of rotatable bonds is 9. The molecule has 0 unspecified atom stereocenters. The van der Waals surface area contributed by atoms with Crippen LogP contribution in [0.25, 0.3) is 0 Å². The van der Waals surface area contributed by atoms with Crippen LogP contribution in [0.5, 0.6) is 0 Å². The van der Waals surface area contributed by atoms with E-state index in [9.17, 15) is 18.8 Å². The minimum Gasteiger partial charge on any atom is -0.350 e. The average molecular weight is 570 g/mol. The van der Waals surface area contributed by atoms with E-state index in [1.807, 2.05) is 0 Å². The molecule has 0 bridgehead atoms. The molecule has 1 aromatic heterocycles. The van der Waals surface area contributed by atoms with Gasteiger partial charge in [-0.2, -0.15) is 0 Å². The highest BCUT2D eigenvalue weighted by atomic mass is 35.5. The van der Waals surface area contributed by atoms with Gasteiger partial charge in [0.05, 0.1) is 16.9 Å². The highest BCUT2D eigenvalue weighted by molar-refractivity contribution is 6.34. The maximum atomic E-state index is 13.3. The van der Waals surface area contributed by atoms with Gasteiger partial charge in [0, 0.05) is 50.6 Å². The molecule has 10 nitrogen and oxygen atoms in total. The fourth-order valence-electron chi connectivity index (χ4n) is 4.41. The van der Waals surface area contributed by atoms with Gasteiger partial charge in [-0.1, -0.05) is 25.4 Å². The van der Waals surface area contributed by atoms with Crippen LogP contribution in [0.4, 0.5) is 15.8 Å². The molecule has 1 aliphatic heterocycles. The van der Waals surface area contributed by atoms with Crippen LogP contribution in [-0.2, 0) is 0 Å². The largest absolute Gasteiger partial charge is 0.350 e. The lowest BCUT2D eigenvalue weighted by Crippen LogP contribution is -2.49. The van der Waals surface area contributed by atoms with Gasteiger partial charge in [0.15, 0.2) is 5.69 Å². The number of nitrogens with one attached hydrogen (secondary N) is 4. The summed E-state index contributed by atoms with van der Waals surface area (Å²) in [5.74, 6) is -2.00. The zero-order valence-corrected chi connectivity index (χ0v) is 23.4. The van der Waals surface area contributed by atoms with Crippen LogP contribution in [0.3, 0.4) is 0 Å². The van der Waals surface area contributed by atoms with Gasteiger partial charge in [-0.05, 0) is 54.9 Å². The number of imidazole rings is 1. The Morgan fingerprint density at radius 3 is 2.23 bits per heavy atom. The Labute approximate surface area is 237 Å². The minimum atomic E-state index is -0.537. The van der Waals surface area contributed by atoms with Crippen molar-refractivity contribution in [3.8, 4) is 0 Å². The van der Waals surface area contributed by atoms with Gasteiger partial charge in [-0.15, -0.1) is 0 Å². The fourth-order valence-corrected chi connectivity index (χ4v) is 4.67. The number of likely N-dealkylation sites (N-methyl/N-ethyl adjacent to an activating group) is 1. The first-order chi connectivity index (χ1) is 19.0. The Morgan fingerprint density at radius 2 is 1.60 bits per heavy atom. The molecule has 0 aliphatic carbocycles. The fraction of sp³-hybridized carbons (Fsp3) is 0.357. The molecular formula is C28H33ClFN7O3.